The van der Waals surface area contributed by atoms with E-state index in [2.05, 4.69) is 29.4 Å². The first-order chi connectivity index (χ1) is 16.5. The van der Waals surface area contributed by atoms with E-state index in [0.717, 1.165) is 49.5 Å². The van der Waals surface area contributed by atoms with E-state index in [9.17, 15) is 9.59 Å². The van der Waals surface area contributed by atoms with Gasteiger partial charge < -0.3 is 15.4 Å². The van der Waals surface area contributed by atoms with Gasteiger partial charge >= 0.3 is 0 Å². The molecule has 7 heteroatoms. The van der Waals surface area contributed by atoms with Gasteiger partial charge in [0.15, 0.2) is 0 Å². The van der Waals surface area contributed by atoms with Crippen molar-refractivity contribution in [1.82, 2.24) is 15.5 Å². The molecule has 0 aromatic heterocycles. The number of hydrogen-bond donors (Lipinski definition) is 2. The highest BCUT2D eigenvalue weighted by Gasteiger charge is 2.22. The molecular formula is C27H34N4O3. The van der Waals surface area contributed by atoms with Crippen molar-refractivity contribution in [2.45, 2.75) is 26.2 Å². The number of ether oxygens (including phenoxy) is 1. The van der Waals surface area contributed by atoms with E-state index in [1.807, 2.05) is 54.6 Å². The average molecular weight is 463 g/mol. The van der Waals surface area contributed by atoms with Gasteiger partial charge in [-0.2, -0.15) is 5.26 Å². The largest absolute Gasteiger partial charge is 0.379 e. The van der Waals surface area contributed by atoms with Crippen LogP contribution < -0.4 is 10.6 Å². The van der Waals surface area contributed by atoms with Crippen LogP contribution in [0.2, 0.25) is 0 Å². The molecule has 180 valence electrons. The van der Waals surface area contributed by atoms with E-state index >= 15 is 0 Å². The first-order valence-corrected chi connectivity index (χ1v) is 11.9. The Morgan fingerprint density at radius 3 is 2.47 bits per heavy atom. The van der Waals surface area contributed by atoms with Crippen LogP contribution >= 0.6 is 0 Å². The molecule has 0 radical (unpaired) electrons. The topological polar surface area (TPSA) is 94.5 Å². The zero-order valence-electron chi connectivity index (χ0n) is 20.0. The molecule has 1 aliphatic rings. The second kappa shape index (κ2) is 12.9. The van der Waals surface area contributed by atoms with E-state index < -0.39 is 0 Å². The first-order valence-electron chi connectivity index (χ1n) is 11.9. The van der Waals surface area contributed by atoms with Crippen LogP contribution in [-0.4, -0.2) is 62.7 Å². The summed E-state index contributed by atoms with van der Waals surface area (Å²) in [5.74, 6) is -0.244. The molecule has 7 nitrogen and oxygen atoms in total. The third-order valence-corrected chi connectivity index (χ3v) is 5.93. The van der Waals surface area contributed by atoms with Gasteiger partial charge in [-0.1, -0.05) is 50.2 Å². The Balaban J connectivity index is 1.71. The molecule has 1 atom stereocenters. The van der Waals surface area contributed by atoms with Gasteiger partial charge in [0, 0.05) is 31.7 Å². The summed E-state index contributed by atoms with van der Waals surface area (Å²) in [6.07, 6.45) is 0.687. The normalized spacial score (nSPS) is 14.9. The molecule has 1 unspecified atom stereocenters. The van der Waals surface area contributed by atoms with Gasteiger partial charge in [0.2, 0.25) is 5.91 Å². The van der Waals surface area contributed by atoms with E-state index in [1.54, 1.807) is 0 Å². The second-order valence-electron chi connectivity index (χ2n) is 8.97. The number of nitriles is 1. The van der Waals surface area contributed by atoms with Crippen LogP contribution in [0.4, 0.5) is 0 Å². The Kier molecular flexibility index (Phi) is 9.62. The van der Waals surface area contributed by atoms with E-state index in [-0.39, 0.29) is 24.3 Å². The highest BCUT2D eigenvalue weighted by Crippen LogP contribution is 2.29. The van der Waals surface area contributed by atoms with Crippen molar-refractivity contribution >= 4 is 11.8 Å². The lowest BCUT2D eigenvalue weighted by atomic mass is 9.87. The van der Waals surface area contributed by atoms with Gasteiger partial charge in [-0.3, -0.25) is 14.5 Å². The summed E-state index contributed by atoms with van der Waals surface area (Å²) < 4.78 is 5.36. The predicted molar refractivity (Wildman–Crippen MR) is 132 cm³/mol. The minimum atomic E-state index is -0.333. The van der Waals surface area contributed by atoms with Crippen molar-refractivity contribution in [2.75, 3.05) is 45.9 Å². The standard InChI is InChI=1S/C27H34N4O3/c1-20(2)17-25(27(33)29-10-9-28)23-7-3-5-21(18-23)22-6-4-8-24(19-22)26(32)30-11-12-31-13-15-34-16-14-31/h3-8,18-20,25H,10-17H2,1-2H3,(H,29,33)(H,30,32). The van der Waals surface area contributed by atoms with Gasteiger partial charge in [0.05, 0.1) is 25.2 Å². The molecule has 0 bridgehead atoms. The molecule has 0 aliphatic carbocycles. The molecule has 2 aromatic carbocycles. The molecule has 0 saturated carbocycles. The summed E-state index contributed by atoms with van der Waals surface area (Å²) >= 11 is 0. The molecule has 0 spiro atoms. The lowest BCUT2D eigenvalue weighted by Crippen LogP contribution is -2.41. The van der Waals surface area contributed by atoms with Crippen molar-refractivity contribution < 1.29 is 14.3 Å². The van der Waals surface area contributed by atoms with Gasteiger partial charge in [0.1, 0.15) is 6.54 Å². The number of nitrogens with one attached hydrogen (secondary N) is 2. The summed E-state index contributed by atoms with van der Waals surface area (Å²) in [5, 5.41) is 14.5. The van der Waals surface area contributed by atoms with E-state index in [1.165, 1.54) is 0 Å². The zero-order chi connectivity index (χ0) is 24.3. The first kappa shape index (κ1) is 25.4. The smallest absolute Gasteiger partial charge is 0.251 e. The molecule has 2 amide bonds. The third-order valence-electron chi connectivity index (χ3n) is 5.93. The molecule has 2 N–H and O–H groups in total. The molecule has 1 aliphatic heterocycles. The maximum Gasteiger partial charge on any atom is 0.251 e. The van der Waals surface area contributed by atoms with Crippen LogP contribution in [0.5, 0.6) is 0 Å². The maximum atomic E-state index is 12.7. The minimum Gasteiger partial charge on any atom is -0.379 e. The fraction of sp³-hybridized carbons (Fsp3) is 0.444. The quantitative estimate of drug-likeness (QED) is 0.529. The van der Waals surface area contributed by atoms with Crippen molar-refractivity contribution in [2.24, 2.45) is 5.92 Å². The summed E-state index contributed by atoms with van der Waals surface area (Å²) in [5.41, 5.74) is 3.38. The van der Waals surface area contributed by atoms with Gasteiger partial charge in [-0.05, 0) is 41.2 Å². The predicted octanol–water partition coefficient (Wildman–Crippen LogP) is 3.19. The Bertz CT molecular complexity index is 1010. The lowest BCUT2D eigenvalue weighted by molar-refractivity contribution is -0.122. The van der Waals surface area contributed by atoms with E-state index in [4.69, 9.17) is 10.00 Å². The molecule has 3 rings (SSSR count). The molecular weight excluding hydrogens is 428 g/mol. The lowest BCUT2D eigenvalue weighted by Gasteiger charge is -2.26. The number of amides is 2. The number of carbonyl (C=O) groups is 2. The third kappa shape index (κ3) is 7.41. The summed E-state index contributed by atoms with van der Waals surface area (Å²) in [6.45, 7) is 8.83. The van der Waals surface area contributed by atoms with Crippen molar-refractivity contribution in [3.63, 3.8) is 0 Å². The van der Waals surface area contributed by atoms with Crippen LogP contribution in [0.25, 0.3) is 11.1 Å². The molecule has 34 heavy (non-hydrogen) atoms. The highest BCUT2D eigenvalue weighted by molar-refractivity contribution is 5.95. The van der Waals surface area contributed by atoms with Crippen molar-refractivity contribution in [3.05, 3.63) is 59.7 Å². The van der Waals surface area contributed by atoms with Crippen molar-refractivity contribution in [3.8, 4) is 17.2 Å². The van der Waals surface area contributed by atoms with Crippen LogP contribution in [0.3, 0.4) is 0 Å². The summed E-state index contributed by atoms with van der Waals surface area (Å²) in [4.78, 5) is 27.7. The Morgan fingerprint density at radius 1 is 1.06 bits per heavy atom. The number of rotatable bonds is 10. The number of hydrogen-bond acceptors (Lipinski definition) is 5. The number of carbonyl (C=O) groups excluding carboxylic acids is 2. The Labute approximate surface area is 202 Å². The minimum absolute atomic E-state index is 0.00415. The molecule has 1 heterocycles. The summed E-state index contributed by atoms with van der Waals surface area (Å²) in [6, 6.07) is 17.4. The van der Waals surface area contributed by atoms with Crippen molar-refractivity contribution in [1.29, 1.82) is 5.26 Å². The Hall–Kier alpha value is -3.21. The second-order valence-corrected chi connectivity index (χ2v) is 8.97. The highest BCUT2D eigenvalue weighted by atomic mass is 16.5. The van der Waals surface area contributed by atoms with Crippen LogP contribution in [-0.2, 0) is 9.53 Å². The van der Waals surface area contributed by atoms with E-state index in [0.29, 0.717) is 24.4 Å². The van der Waals surface area contributed by atoms with Crippen LogP contribution in [0, 0.1) is 17.2 Å². The average Bonchev–Trinajstić information content (AvgIpc) is 2.86. The molecule has 1 fully saturated rings. The van der Waals surface area contributed by atoms with Gasteiger partial charge in [0.25, 0.3) is 5.91 Å². The molecule has 1 saturated heterocycles. The fourth-order valence-corrected chi connectivity index (χ4v) is 4.15. The van der Waals surface area contributed by atoms with Gasteiger partial charge in [-0.15, -0.1) is 0 Å². The van der Waals surface area contributed by atoms with Crippen LogP contribution in [0.1, 0.15) is 42.1 Å². The zero-order valence-corrected chi connectivity index (χ0v) is 20.0. The fourth-order valence-electron chi connectivity index (χ4n) is 4.15. The maximum absolute atomic E-state index is 12.7. The number of benzene rings is 2. The summed E-state index contributed by atoms with van der Waals surface area (Å²) in [7, 11) is 0. The van der Waals surface area contributed by atoms with Gasteiger partial charge in [-0.25, -0.2) is 0 Å². The number of nitrogens with zero attached hydrogens (tertiary/aromatic N) is 2. The molecule has 2 aromatic rings. The van der Waals surface area contributed by atoms with Crippen LogP contribution in [0.15, 0.2) is 48.5 Å². The monoisotopic (exact) mass is 462 g/mol. The Morgan fingerprint density at radius 2 is 1.76 bits per heavy atom. The number of morpholine rings is 1. The SMILES string of the molecule is CC(C)CC(C(=O)NCC#N)c1cccc(-c2cccc(C(=O)NCCN3CCOCC3)c2)c1.